The predicted octanol–water partition coefficient (Wildman–Crippen LogP) is 4.54. The lowest BCUT2D eigenvalue weighted by Crippen LogP contribution is -2.48. The Morgan fingerprint density at radius 3 is 1.85 bits per heavy atom. The zero-order valence-electron chi connectivity index (χ0n) is 14.2. The number of carbonyl (C=O) groups is 1. The zero-order chi connectivity index (χ0) is 15.9. The highest BCUT2D eigenvalue weighted by Gasteiger charge is 2.45. The molecule has 0 aromatic rings. The minimum absolute atomic E-state index is 0.0329. The fourth-order valence-corrected chi connectivity index (χ4v) is 8.76. The lowest BCUT2D eigenvalue weighted by molar-refractivity contribution is -0.141. The van der Waals surface area contributed by atoms with Gasteiger partial charge >= 0.3 is 5.97 Å². The van der Waals surface area contributed by atoms with Crippen LogP contribution >= 0.6 is 0 Å². The molecule has 0 bridgehead atoms. The molecular weight excluding hydrogens is 268 g/mol. The second kappa shape index (κ2) is 8.62. The summed E-state index contributed by atoms with van der Waals surface area (Å²) in [6.07, 6.45) is 2.15. The maximum Gasteiger partial charge on any atom is 0.306 e. The quantitative estimate of drug-likeness (QED) is 0.356. The molecule has 20 heavy (non-hydrogen) atoms. The number of ether oxygens (including phenoxy) is 1. The van der Waals surface area contributed by atoms with Gasteiger partial charge in [0.05, 0.1) is 13.5 Å². The van der Waals surface area contributed by atoms with Crippen LogP contribution in [0, 0.1) is 5.92 Å². The van der Waals surface area contributed by atoms with Gasteiger partial charge in [-0.25, -0.2) is 0 Å². The van der Waals surface area contributed by atoms with E-state index in [-0.39, 0.29) is 11.9 Å². The Kier molecular flexibility index (Phi) is 8.36. The van der Waals surface area contributed by atoms with Gasteiger partial charge in [-0.15, -0.1) is 6.58 Å². The summed E-state index contributed by atoms with van der Waals surface area (Å²) in [6, 6.07) is 0. The summed E-state index contributed by atoms with van der Waals surface area (Å²) >= 11 is 0. The number of hydrogen-bond acceptors (Lipinski definition) is 3. The van der Waals surface area contributed by atoms with E-state index in [0.717, 1.165) is 0 Å². The fraction of sp³-hybridized carbons (Fsp3) is 0.812. The van der Waals surface area contributed by atoms with E-state index in [1.54, 1.807) is 6.08 Å². The van der Waals surface area contributed by atoms with E-state index < -0.39 is 8.32 Å². The lowest BCUT2D eigenvalue weighted by Gasteiger charge is -2.42. The van der Waals surface area contributed by atoms with Crippen LogP contribution in [0.3, 0.4) is 0 Å². The van der Waals surface area contributed by atoms with Crippen LogP contribution in [-0.4, -0.2) is 28.0 Å². The van der Waals surface area contributed by atoms with Gasteiger partial charge in [0.15, 0.2) is 8.32 Å². The van der Waals surface area contributed by atoms with Crippen molar-refractivity contribution in [3.63, 3.8) is 0 Å². The van der Waals surface area contributed by atoms with Crippen molar-refractivity contribution in [2.45, 2.75) is 64.6 Å². The first-order valence-electron chi connectivity index (χ1n) is 7.55. The molecule has 1 unspecified atom stereocenters. The molecule has 0 N–H and O–H groups in total. The van der Waals surface area contributed by atoms with E-state index in [2.05, 4.69) is 48.1 Å². The normalized spacial score (nSPS) is 13.9. The molecule has 0 radical (unpaired) electrons. The summed E-state index contributed by atoms with van der Waals surface area (Å²) in [5, 5.41) is 0. The van der Waals surface area contributed by atoms with Gasteiger partial charge in [-0.1, -0.05) is 47.6 Å². The third-order valence-electron chi connectivity index (χ3n) is 4.24. The highest BCUT2D eigenvalue weighted by Crippen LogP contribution is 2.42. The van der Waals surface area contributed by atoms with Crippen molar-refractivity contribution in [2.75, 3.05) is 13.7 Å². The minimum atomic E-state index is -1.87. The Morgan fingerprint density at radius 2 is 1.55 bits per heavy atom. The van der Waals surface area contributed by atoms with Crippen LogP contribution in [-0.2, 0) is 14.0 Å². The molecule has 4 heteroatoms. The predicted molar refractivity (Wildman–Crippen MR) is 87.3 cm³/mol. The third-order valence-corrected chi connectivity index (χ3v) is 10.3. The van der Waals surface area contributed by atoms with Crippen molar-refractivity contribution in [3.8, 4) is 0 Å². The first-order chi connectivity index (χ1) is 9.22. The topological polar surface area (TPSA) is 35.5 Å². The summed E-state index contributed by atoms with van der Waals surface area (Å²) in [7, 11) is -0.452. The average molecular weight is 301 g/mol. The Labute approximate surface area is 125 Å². The molecular formula is C16H32O3Si. The Morgan fingerprint density at radius 1 is 1.10 bits per heavy atom. The molecule has 0 heterocycles. The number of methoxy groups -OCH3 is 1. The number of hydrogen-bond donors (Lipinski definition) is 0. The van der Waals surface area contributed by atoms with Crippen LogP contribution in [0.5, 0.6) is 0 Å². The minimum Gasteiger partial charge on any atom is -0.469 e. The molecule has 0 aliphatic carbocycles. The molecule has 0 aliphatic rings. The van der Waals surface area contributed by atoms with Crippen molar-refractivity contribution in [3.05, 3.63) is 12.7 Å². The van der Waals surface area contributed by atoms with Crippen molar-refractivity contribution < 1.29 is 14.0 Å². The van der Waals surface area contributed by atoms with Crippen molar-refractivity contribution >= 4 is 14.3 Å². The SMILES string of the molecule is C=CC(CO[Si](C(C)C)(C(C)C)C(C)C)CC(=O)OC. The van der Waals surface area contributed by atoms with E-state index in [9.17, 15) is 4.79 Å². The number of rotatable bonds is 9. The molecule has 1 atom stereocenters. The van der Waals surface area contributed by atoms with E-state index in [1.807, 2.05) is 0 Å². The summed E-state index contributed by atoms with van der Waals surface area (Å²) in [6.45, 7) is 17.9. The highest BCUT2D eigenvalue weighted by molar-refractivity contribution is 6.77. The maximum absolute atomic E-state index is 11.4. The highest BCUT2D eigenvalue weighted by atomic mass is 28.4. The first-order valence-corrected chi connectivity index (χ1v) is 9.69. The molecule has 118 valence electrons. The summed E-state index contributed by atoms with van der Waals surface area (Å²) in [4.78, 5) is 11.4. The van der Waals surface area contributed by atoms with Crippen LogP contribution in [0.25, 0.3) is 0 Å². The van der Waals surface area contributed by atoms with Gasteiger partial charge < -0.3 is 9.16 Å². The lowest BCUT2D eigenvalue weighted by atomic mass is 10.1. The van der Waals surface area contributed by atoms with Crippen LogP contribution in [0.1, 0.15) is 48.0 Å². The molecule has 0 saturated heterocycles. The molecule has 0 saturated carbocycles. The largest absolute Gasteiger partial charge is 0.469 e. The Balaban J connectivity index is 4.91. The second-order valence-corrected chi connectivity index (χ2v) is 11.9. The zero-order valence-corrected chi connectivity index (χ0v) is 15.2. The van der Waals surface area contributed by atoms with Crippen LogP contribution in [0.4, 0.5) is 0 Å². The smallest absolute Gasteiger partial charge is 0.306 e. The molecule has 0 spiro atoms. The monoisotopic (exact) mass is 300 g/mol. The van der Waals surface area contributed by atoms with E-state index in [4.69, 9.17) is 9.16 Å². The number of esters is 1. The maximum atomic E-state index is 11.4. The molecule has 0 rings (SSSR count). The fourth-order valence-electron chi connectivity index (χ4n) is 3.26. The molecule has 0 aliphatic heterocycles. The van der Waals surface area contributed by atoms with Gasteiger partial charge in [-0.3, -0.25) is 4.79 Å². The average Bonchev–Trinajstić information content (AvgIpc) is 2.36. The molecule has 0 aromatic carbocycles. The number of carbonyl (C=O) groups excluding carboxylic acids is 1. The summed E-state index contributed by atoms with van der Waals surface area (Å²) < 4.78 is 11.2. The molecule has 0 amide bonds. The van der Waals surface area contributed by atoms with E-state index >= 15 is 0 Å². The summed E-state index contributed by atoms with van der Waals surface area (Å²) in [5.74, 6) is -0.171. The van der Waals surface area contributed by atoms with Crippen LogP contribution in [0.2, 0.25) is 16.6 Å². The molecule has 0 fully saturated rings. The van der Waals surface area contributed by atoms with E-state index in [1.165, 1.54) is 7.11 Å². The van der Waals surface area contributed by atoms with Crippen molar-refractivity contribution in [2.24, 2.45) is 5.92 Å². The van der Waals surface area contributed by atoms with E-state index in [0.29, 0.717) is 29.7 Å². The van der Waals surface area contributed by atoms with Gasteiger partial charge in [0.2, 0.25) is 0 Å². The Hall–Kier alpha value is -0.613. The Bertz CT molecular complexity index is 289. The first kappa shape index (κ1) is 19.4. The standard InChI is InChI=1S/C16H32O3Si/c1-9-15(10-16(17)18-8)11-19-20(12(2)3,13(4)5)14(6)7/h9,12-15H,1,10-11H2,2-8H3. The van der Waals surface area contributed by atoms with Crippen LogP contribution in [0.15, 0.2) is 12.7 Å². The third kappa shape index (κ3) is 4.74. The summed E-state index contributed by atoms with van der Waals surface area (Å²) in [5.41, 5.74) is 1.64. The van der Waals surface area contributed by atoms with Gasteiger partial charge in [0, 0.05) is 12.5 Å². The van der Waals surface area contributed by atoms with Gasteiger partial charge in [-0.2, -0.15) is 0 Å². The van der Waals surface area contributed by atoms with Crippen molar-refractivity contribution in [1.29, 1.82) is 0 Å². The van der Waals surface area contributed by atoms with Crippen LogP contribution < -0.4 is 0 Å². The molecule has 0 aromatic heterocycles. The van der Waals surface area contributed by atoms with Crippen molar-refractivity contribution in [1.82, 2.24) is 0 Å². The van der Waals surface area contributed by atoms with Gasteiger partial charge in [-0.05, 0) is 16.6 Å². The molecule has 3 nitrogen and oxygen atoms in total. The van der Waals surface area contributed by atoms with Gasteiger partial charge in [0.25, 0.3) is 0 Å². The van der Waals surface area contributed by atoms with Gasteiger partial charge in [0.1, 0.15) is 0 Å². The second-order valence-electron chi connectivity index (χ2n) is 6.40.